The Balaban J connectivity index is 2.05. The van der Waals surface area contributed by atoms with Crippen LogP contribution in [0.5, 0.6) is 5.75 Å². The number of rotatable bonds is 8. The second-order valence-electron chi connectivity index (χ2n) is 11.8. The average Bonchev–Trinajstić information content (AvgIpc) is 2.76. The van der Waals surface area contributed by atoms with Crippen molar-refractivity contribution in [3.05, 3.63) is 72.3 Å². The minimum absolute atomic E-state index is 0.00935. The number of piperazine rings is 1. The summed E-state index contributed by atoms with van der Waals surface area (Å²) in [5.41, 5.74) is 2.25. The van der Waals surface area contributed by atoms with Crippen LogP contribution in [0.15, 0.2) is 66.1 Å². The normalized spacial score (nSPS) is 21.2. The highest BCUT2D eigenvalue weighted by atomic mass is 32.2. The lowest BCUT2D eigenvalue weighted by molar-refractivity contribution is 0.0306. The van der Waals surface area contributed by atoms with Crippen LogP contribution in [0.3, 0.4) is 0 Å². The molecule has 0 aliphatic carbocycles. The average molecular weight is 529 g/mol. The van der Waals surface area contributed by atoms with Crippen LogP contribution in [0, 0.1) is 0 Å². The largest absolute Gasteiger partial charge is 0.543 e. The van der Waals surface area contributed by atoms with Gasteiger partial charge in [0.15, 0.2) is 9.84 Å². The van der Waals surface area contributed by atoms with E-state index in [-0.39, 0.29) is 11.1 Å². The van der Waals surface area contributed by atoms with Crippen LogP contribution in [-0.2, 0) is 9.84 Å². The van der Waals surface area contributed by atoms with E-state index in [1.54, 1.807) is 12.1 Å². The zero-order valence-electron chi connectivity index (χ0n) is 23.3. The maximum absolute atomic E-state index is 12.1. The first-order chi connectivity index (χ1) is 16.6. The first-order valence-electron chi connectivity index (χ1n) is 12.8. The Hall–Kier alpha value is -1.93. The molecule has 0 radical (unpaired) electrons. The van der Waals surface area contributed by atoms with Gasteiger partial charge in [0.05, 0.1) is 10.9 Å². The molecule has 0 aromatic heterocycles. The Bertz CT molecular complexity index is 1160. The van der Waals surface area contributed by atoms with E-state index < -0.39 is 18.2 Å². The standard InChI is InChI=1S/C29H44N2O3SSi/c1-10-18-30-20-23(3)31(21-22(30)2)28(24-14-16-27(17-15-24)35(7,32)33)25-12-11-13-26(19-25)34-36(8,9)29(4,5)6/h10-17,19,22-23,28H,1,18,20-21H2,2-9H3/t22-,23+,28?/m1/s1. The van der Waals surface area contributed by atoms with E-state index in [4.69, 9.17) is 4.43 Å². The Labute approximate surface area is 220 Å². The van der Waals surface area contributed by atoms with Crippen molar-refractivity contribution in [1.29, 1.82) is 0 Å². The molecule has 1 saturated heterocycles. The molecule has 0 N–H and O–H groups in total. The van der Waals surface area contributed by atoms with Crippen LogP contribution in [0.2, 0.25) is 18.1 Å². The van der Waals surface area contributed by atoms with E-state index in [9.17, 15) is 8.42 Å². The molecule has 198 valence electrons. The van der Waals surface area contributed by atoms with E-state index >= 15 is 0 Å². The predicted octanol–water partition coefficient (Wildman–Crippen LogP) is 6.14. The van der Waals surface area contributed by atoms with Gasteiger partial charge < -0.3 is 4.43 Å². The quantitative estimate of drug-likeness (QED) is 0.304. The molecule has 3 atom stereocenters. The second kappa shape index (κ2) is 10.8. The summed E-state index contributed by atoms with van der Waals surface area (Å²) < 4.78 is 30.9. The fourth-order valence-corrected chi connectivity index (χ4v) is 6.33. The molecular formula is C29H44N2O3SSi. The molecule has 0 spiro atoms. The molecule has 1 fully saturated rings. The Morgan fingerprint density at radius 1 is 1.06 bits per heavy atom. The number of sulfone groups is 1. The van der Waals surface area contributed by atoms with Gasteiger partial charge in [0.25, 0.3) is 0 Å². The molecule has 0 saturated carbocycles. The zero-order chi connectivity index (χ0) is 26.9. The Morgan fingerprint density at radius 3 is 2.25 bits per heavy atom. The van der Waals surface area contributed by atoms with Crippen LogP contribution < -0.4 is 4.43 Å². The molecule has 5 nitrogen and oxygen atoms in total. The van der Waals surface area contributed by atoms with Crippen molar-refractivity contribution in [2.45, 2.75) is 75.8 Å². The second-order valence-corrected chi connectivity index (χ2v) is 18.6. The maximum atomic E-state index is 12.1. The van der Waals surface area contributed by atoms with Crippen LogP contribution >= 0.6 is 0 Å². The summed E-state index contributed by atoms with van der Waals surface area (Å²) in [6.07, 6.45) is 3.23. The highest BCUT2D eigenvalue weighted by Gasteiger charge is 2.39. The van der Waals surface area contributed by atoms with Gasteiger partial charge in [0.2, 0.25) is 8.32 Å². The third kappa shape index (κ3) is 6.49. The topological polar surface area (TPSA) is 49.9 Å². The predicted molar refractivity (Wildman–Crippen MR) is 153 cm³/mol. The van der Waals surface area contributed by atoms with Crippen molar-refractivity contribution in [3.8, 4) is 5.75 Å². The molecule has 0 bridgehead atoms. The summed E-state index contributed by atoms with van der Waals surface area (Å²) in [4.78, 5) is 5.36. The number of hydrogen-bond acceptors (Lipinski definition) is 5. The summed E-state index contributed by atoms with van der Waals surface area (Å²) in [5, 5.41) is 0.106. The van der Waals surface area contributed by atoms with Crippen molar-refractivity contribution in [2.75, 3.05) is 25.9 Å². The monoisotopic (exact) mass is 528 g/mol. The van der Waals surface area contributed by atoms with E-state index in [2.05, 4.69) is 88.4 Å². The summed E-state index contributed by atoms with van der Waals surface area (Å²) in [7, 11) is -5.24. The van der Waals surface area contributed by atoms with Crippen LogP contribution in [0.4, 0.5) is 0 Å². The summed E-state index contributed by atoms with van der Waals surface area (Å²) in [5.74, 6) is 0.905. The van der Waals surface area contributed by atoms with Gasteiger partial charge in [0.1, 0.15) is 5.75 Å². The lowest BCUT2D eigenvalue weighted by Crippen LogP contribution is -2.57. The van der Waals surface area contributed by atoms with E-state index in [1.807, 2.05) is 18.2 Å². The van der Waals surface area contributed by atoms with Crippen molar-refractivity contribution >= 4 is 18.2 Å². The van der Waals surface area contributed by atoms with Gasteiger partial charge in [-0.3, -0.25) is 9.80 Å². The highest BCUT2D eigenvalue weighted by Crippen LogP contribution is 2.39. The van der Waals surface area contributed by atoms with Gasteiger partial charge in [0, 0.05) is 38.0 Å². The lowest BCUT2D eigenvalue weighted by Gasteiger charge is -2.47. The van der Waals surface area contributed by atoms with Gasteiger partial charge in [-0.2, -0.15) is 0 Å². The molecule has 0 amide bonds. The molecule has 1 heterocycles. The minimum Gasteiger partial charge on any atom is -0.543 e. The number of nitrogens with zero attached hydrogens (tertiary/aromatic N) is 2. The summed E-state index contributed by atoms with van der Waals surface area (Å²) in [6, 6.07) is 16.6. The Morgan fingerprint density at radius 2 is 1.69 bits per heavy atom. The molecule has 1 unspecified atom stereocenters. The molecule has 2 aromatic carbocycles. The molecule has 7 heteroatoms. The molecule has 1 aliphatic rings. The van der Waals surface area contributed by atoms with Crippen molar-refractivity contribution in [3.63, 3.8) is 0 Å². The summed E-state index contributed by atoms with van der Waals surface area (Å²) in [6.45, 7) is 22.5. The van der Waals surface area contributed by atoms with E-state index in [0.717, 1.165) is 36.5 Å². The third-order valence-electron chi connectivity index (χ3n) is 7.84. The molecular weight excluding hydrogens is 484 g/mol. The van der Waals surface area contributed by atoms with Crippen LogP contribution in [0.25, 0.3) is 0 Å². The molecule has 3 rings (SSSR count). The highest BCUT2D eigenvalue weighted by molar-refractivity contribution is 7.90. The van der Waals surface area contributed by atoms with Crippen molar-refractivity contribution < 1.29 is 12.8 Å². The first kappa shape index (κ1) is 28.6. The number of benzene rings is 2. The van der Waals surface area contributed by atoms with E-state index in [1.165, 1.54) is 6.26 Å². The van der Waals surface area contributed by atoms with Crippen molar-refractivity contribution in [2.24, 2.45) is 0 Å². The first-order valence-corrected chi connectivity index (χ1v) is 17.6. The number of hydrogen-bond donors (Lipinski definition) is 0. The van der Waals surface area contributed by atoms with Gasteiger partial charge in [-0.1, -0.05) is 51.1 Å². The Kier molecular flexibility index (Phi) is 8.60. The van der Waals surface area contributed by atoms with Gasteiger partial charge in [-0.25, -0.2) is 8.42 Å². The molecule has 1 aliphatic heterocycles. The van der Waals surface area contributed by atoms with E-state index in [0.29, 0.717) is 17.0 Å². The zero-order valence-corrected chi connectivity index (χ0v) is 25.1. The third-order valence-corrected chi connectivity index (χ3v) is 13.3. The van der Waals surface area contributed by atoms with Crippen molar-refractivity contribution in [1.82, 2.24) is 9.80 Å². The molecule has 36 heavy (non-hydrogen) atoms. The maximum Gasteiger partial charge on any atom is 0.250 e. The smallest absolute Gasteiger partial charge is 0.250 e. The van der Waals surface area contributed by atoms with Crippen LogP contribution in [0.1, 0.15) is 51.8 Å². The fraction of sp³-hybridized carbons (Fsp3) is 0.517. The van der Waals surface area contributed by atoms with Gasteiger partial charge in [-0.05, 0) is 67.4 Å². The SMILES string of the molecule is C=CCN1C[C@H](C)N(C(c2ccc(S(C)(=O)=O)cc2)c2cccc(O[Si](C)(C)C(C)(C)C)c2)C[C@H]1C. The van der Waals surface area contributed by atoms with Gasteiger partial charge >= 0.3 is 0 Å². The lowest BCUT2D eigenvalue weighted by atomic mass is 9.93. The van der Waals surface area contributed by atoms with Gasteiger partial charge in [-0.15, -0.1) is 6.58 Å². The van der Waals surface area contributed by atoms with Crippen LogP contribution in [-0.4, -0.2) is 64.5 Å². The minimum atomic E-state index is -3.25. The summed E-state index contributed by atoms with van der Waals surface area (Å²) >= 11 is 0. The fourth-order valence-electron chi connectivity index (χ4n) is 4.67. The molecule has 2 aromatic rings.